The summed E-state index contributed by atoms with van der Waals surface area (Å²) in [7, 11) is -4.39. The van der Waals surface area contributed by atoms with Gasteiger partial charge in [-0.2, -0.15) is 0 Å². The number of nitrogens with two attached hydrogens (primary N) is 1. The van der Waals surface area contributed by atoms with E-state index in [-0.39, 0.29) is 38.6 Å². The molecule has 0 aliphatic heterocycles. The minimum atomic E-state index is -4.39. The molecule has 0 spiro atoms. The highest BCUT2D eigenvalue weighted by molar-refractivity contribution is 7.47. The van der Waals surface area contributed by atoms with E-state index in [2.05, 4.69) is 74.6 Å². The smallest absolute Gasteiger partial charge is 0.462 e. The van der Waals surface area contributed by atoms with Crippen LogP contribution < -0.4 is 5.73 Å². The van der Waals surface area contributed by atoms with E-state index in [0.717, 1.165) is 64.2 Å². The molecule has 3 N–H and O–H groups in total. The molecule has 0 bridgehead atoms. The van der Waals surface area contributed by atoms with Gasteiger partial charge in [0.25, 0.3) is 0 Å². The third-order valence-electron chi connectivity index (χ3n) is 16.4. The molecule has 0 aromatic carbocycles. The van der Waals surface area contributed by atoms with Crippen molar-refractivity contribution in [2.45, 2.75) is 380 Å². The normalized spacial score (nSPS) is 13.2. The first-order chi connectivity index (χ1) is 41.8. The van der Waals surface area contributed by atoms with Crippen molar-refractivity contribution < 1.29 is 37.6 Å². The van der Waals surface area contributed by atoms with Gasteiger partial charge in [-0.15, -0.1) is 0 Å². The molecule has 0 aromatic heterocycles. The molecule has 498 valence electrons. The molecule has 2 atom stereocenters. The van der Waals surface area contributed by atoms with E-state index in [4.69, 9.17) is 24.3 Å². The predicted octanol–water partition coefficient (Wildman–Crippen LogP) is 24.2. The second-order valence-corrected chi connectivity index (χ2v) is 26.2. The molecule has 0 fully saturated rings. The first kappa shape index (κ1) is 82.7. The van der Waals surface area contributed by atoms with Gasteiger partial charge in [0.2, 0.25) is 0 Å². The fraction of sp³-hybridized carbons (Fsp3) is 0.840. The summed E-state index contributed by atoms with van der Waals surface area (Å²) in [6, 6.07) is 0. The van der Waals surface area contributed by atoms with Crippen LogP contribution in [-0.2, 0) is 32.7 Å². The Labute approximate surface area is 527 Å². The number of hydrogen-bond acceptors (Lipinski definition) is 8. The van der Waals surface area contributed by atoms with Crippen molar-refractivity contribution >= 4 is 19.8 Å². The van der Waals surface area contributed by atoms with Crippen LogP contribution in [0, 0.1) is 0 Å². The summed E-state index contributed by atoms with van der Waals surface area (Å²) in [5, 5.41) is 0. The third kappa shape index (κ3) is 70.7. The fourth-order valence-corrected chi connectivity index (χ4v) is 11.8. The van der Waals surface area contributed by atoms with Crippen LogP contribution in [0.2, 0.25) is 0 Å². The Bertz CT molecular complexity index is 1580. The van der Waals surface area contributed by atoms with E-state index in [9.17, 15) is 19.0 Å². The largest absolute Gasteiger partial charge is 0.472 e. The Morgan fingerprint density at radius 2 is 0.647 bits per heavy atom. The number of unbranched alkanes of at least 4 members (excludes halogenated alkanes) is 47. The zero-order chi connectivity index (χ0) is 61.6. The highest BCUT2D eigenvalue weighted by Crippen LogP contribution is 2.43. The zero-order valence-corrected chi connectivity index (χ0v) is 57.0. The molecule has 0 heterocycles. The molecule has 9 nitrogen and oxygen atoms in total. The summed E-state index contributed by atoms with van der Waals surface area (Å²) in [5.74, 6) is -0.805. The van der Waals surface area contributed by atoms with Gasteiger partial charge in [0.15, 0.2) is 6.10 Å². The lowest BCUT2D eigenvalue weighted by Gasteiger charge is -2.19. The zero-order valence-electron chi connectivity index (χ0n) is 56.1. The maximum Gasteiger partial charge on any atom is 0.472 e. The van der Waals surface area contributed by atoms with Crippen LogP contribution in [0.1, 0.15) is 373 Å². The van der Waals surface area contributed by atoms with Gasteiger partial charge >= 0.3 is 19.8 Å². The van der Waals surface area contributed by atoms with Gasteiger partial charge in [-0.3, -0.25) is 18.6 Å². The number of carbonyl (C=O) groups excluding carboxylic acids is 2. The van der Waals surface area contributed by atoms with Gasteiger partial charge in [-0.25, -0.2) is 4.57 Å². The van der Waals surface area contributed by atoms with Gasteiger partial charge in [0.1, 0.15) is 6.61 Å². The maximum atomic E-state index is 12.8. The number of phosphoric ester groups is 1. The van der Waals surface area contributed by atoms with Crippen LogP contribution in [-0.4, -0.2) is 49.3 Å². The SMILES string of the molecule is CC/C=C\C/C=C\C/C=C\C/C=C\C/C=C\CCCCCCCCCCCCCCCCCCCCCC(=O)OC(COC(=O)CCCCCCCCCCCCCCCCCCCCCCCCCCCCCCC)COP(=O)(O)OCCN. The van der Waals surface area contributed by atoms with Crippen molar-refractivity contribution in [1.82, 2.24) is 0 Å². The summed E-state index contributed by atoms with van der Waals surface area (Å²) in [4.78, 5) is 35.4. The Morgan fingerprint density at radius 1 is 0.365 bits per heavy atom. The molecule has 0 radical (unpaired) electrons. The van der Waals surface area contributed by atoms with Crippen molar-refractivity contribution in [3.8, 4) is 0 Å². The van der Waals surface area contributed by atoms with E-state index in [1.165, 1.54) is 276 Å². The van der Waals surface area contributed by atoms with Gasteiger partial charge < -0.3 is 20.1 Å². The minimum absolute atomic E-state index is 0.0552. The van der Waals surface area contributed by atoms with Crippen LogP contribution in [0.25, 0.3) is 0 Å². The Kier molecular flexibility index (Phi) is 68.9. The fourth-order valence-electron chi connectivity index (χ4n) is 11.0. The summed E-state index contributed by atoms with van der Waals surface area (Å²) < 4.78 is 33.2. The lowest BCUT2D eigenvalue weighted by Crippen LogP contribution is -2.29. The quantitative estimate of drug-likeness (QED) is 0.0264. The van der Waals surface area contributed by atoms with Crippen LogP contribution in [0.15, 0.2) is 60.8 Å². The van der Waals surface area contributed by atoms with E-state index in [0.29, 0.717) is 6.42 Å². The van der Waals surface area contributed by atoms with Gasteiger partial charge in [-0.05, 0) is 57.8 Å². The molecule has 0 aliphatic rings. The van der Waals surface area contributed by atoms with Gasteiger partial charge in [0, 0.05) is 19.4 Å². The van der Waals surface area contributed by atoms with Crippen LogP contribution >= 0.6 is 7.82 Å². The molecule has 0 rings (SSSR count). The first-order valence-corrected chi connectivity index (χ1v) is 38.3. The second kappa shape index (κ2) is 70.8. The number of carbonyl (C=O) groups is 2. The van der Waals surface area contributed by atoms with Crippen molar-refractivity contribution in [1.29, 1.82) is 0 Å². The summed E-state index contributed by atoms with van der Waals surface area (Å²) in [6.07, 6.45) is 91.9. The predicted molar refractivity (Wildman–Crippen MR) is 367 cm³/mol. The van der Waals surface area contributed by atoms with Crippen LogP contribution in [0.4, 0.5) is 0 Å². The second-order valence-electron chi connectivity index (χ2n) is 24.8. The molecule has 0 amide bonds. The summed E-state index contributed by atoms with van der Waals surface area (Å²) >= 11 is 0. The van der Waals surface area contributed by atoms with Crippen molar-refractivity contribution in [3.05, 3.63) is 60.8 Å². The average molecular weight is 1210 g/mol. The third-order valence-corrected chi connectivity index (χ3v) is 17.4. The Balaban J connectivity index is 3.80. The summed E-state index contributed by atoms with van der Waals surface area (Å²) in [6.45, 7) is 3.70. The van der Waals surface area contributed by atoms with Crippen LogP contribution in [0.3, 0.4) is 0 Å². The van der Waals surface area contributed by atoms with E-state index < -0.39 is 26.5 Å². The van der Waals surface area contributed by atoms with Crippen molar-refractivity contribution in [2.24, 2.45) is 5.73 Å². The molecule has 0 saturated carbocycles. The average Bonchev–Trinajstić information content (AvgIpc) is 3.52. The molecule has 0 aliphatic carbocycles. The van der Waals surface area contributed by atoms with E-state index >= 15 is 0 Å². The number of allylic oxidation sites excluding steroid dienone is 10. The topological polar surface area (TPSA) is 134 Å². The molecule has 85 heavy (non-hydrogen) atoms. The lowest BCUT2D eigenvalue weighted by atomic mass is 10.0. The minimum Gasteiger partial charge on any atom is -0.462 e. The standard InChI is InChI=1S/C75H140NO8P/c1-3-5-7-9-11-13-15-17-19-21-23-25-27-29-31-33-34-35-36-37-38-40-42-44-46-48-50-52-54-56-58-60-62-64-66-68-75(78)84-73(72-83-85(79,80)82-70-69-76)71-81-74(77)67-65-63-61-59-57-55-53-51-49-47-45-43-41-39-32-30-28-26-24-22-20-18-16-14-12-10-8-6-4-2/h5,7,11,13,17,19,23,25,29,31,73H,3-4,6,8-10,12,14-16,18,20-22,24,26-28,30,32-72,76H2,1-2H3,(H,79,80)/b7-5-,13-11-,19-17-,25-23-,31-29-. The molecule has 2 unspecified atom stereocenters. The van der Waals surface area contributed by atoms with Crippen LogP contribution in [0.5, 0.6) is 0 Å². The number of phosphoric acid groups is 1. The molecule has 10 heteroatoms. The number of hydrogen-bond donors (Lipinski definition) is 2. The number of ether oxygens (including phenoxy) is 2. The summed E-state index contributed by atoms with van der Waals surface area (Å²) in [5.41, 5.74) is 5.41. The molecule has 0 aromatic rings. The van der Waals surface area contributed by atoms with Crippen molar-refractivity contribution in [3.63, 3.8) is 0 Å². The van der Waals surface area contributed by atoms with E-state index in [1.54, 1.807) is 0 Å². The lowest BCUT2D eigenvalue weighted by molar-refractivity contribution is -0.161. The van der Waals surface area contributed by atoms with E-state index in [1.807, 2.05) is 0 Å². The number of rotatable bonds is 70. The number of esters is 2. The first-order valence-electron chi connectivity index (χ1n) is 36.8. The Morgan fingerprint density at radius 3 is 0.965 bits per heavy atom. The molecular weight excluding hydrogens is 1070 g/mol. The molecular formula is C75H140NO8P. The highest BCUT2D eigenvalue weighted by Gasteiger charge is 2.26. The highest BCUT2D eigenvalue weighted by atomic mass is 31.2. The van der Waals surface area contributed by atoms with Gasteiger partial charge in [-0.1, -0.05) is 364 Å². The maximum absolute atomic E-state index is 12.8. The van der Waals surface area contributed by atoms with Gasteiger partial charge in [0.05, 0.1) is 13.2 Å². The Hall–Kier alpha value is -2.29. The monoisotopic (exact) mass is 1210 g/mol. The molecule has 0 saturated heterocycles. The van der Waals surface area contributed by atoms with Crippen molar-refractivity contribution in [2.75, 3.05) is 26.4 Å².